The monoisotopic (exact) mass is 354 g/mol. The van der Waals surface area contributed by atoms with Gasteiger partial charge in [-0.3, -0.25) is 9.00 Å². The summed E-state index contributed by atoms with van der Waals surface area (Å²) in [6, 6.07) is 5.11. The van der Waals surface area contributed by atoms with Gasteiger partial charge in [0.25, 0.3) is 0 Å². The van der Waals surface area contributed by atoms with Crippen molar-refractivity contribution in [1.29, 1.82) is 0 Å². The number of halogens is 2. The fraction of sp³-hybridized carbons (Fsp3) is 0.462. The van der Waals surface area contributed by atoms with E-state index >= 15 is 0 Å². The quantitative estimate of drug-likeness (QED) is 0.783. The van der Waals surface area contributed by atoms with E-state index in [1.165, 1.54) is 7.11 Å². The molecule has 2 atom stereocenters. The first-order valence-corrected chi connectivity index (χ1v) is 8.18. The molecule has 120 valence electrons. The molecule has 0 fully saturated rings. The number of hydrogen-bond donors (Lipinski definition) is 2. The van der Waals surface area contributed by atoms with Gasteiger partial charge in [-0.25, -0.2) is 0 Å². The SMILES string of the molecule is COC(CN)CC(=O)Nc1ccc(Cl)c(CS(C)=O)c1.Cl. The molecule has 21 heavy (non-hydrogen) atoms. The van der Waals surface area contributed by atoms with Crippen LogP contribution in [0, 0.1) is 0 Å². The van der Waals surface area contributed by atoms with Crippen molar-refractivity contribution in [2.75, 3.05) is 25.2 Å². The second-order valence-corrected chi connectivity index (χ2v) is 6.21. The fourth-order valence-electron chi connectivity index (χ4n) is 1.66. The summed E-state index contributed by atoms with van der Waals surface area (Å²) in [7, 11) is 0.522. The number of ether oxygens (including phenoxy) is 1. The van der Waals surface area contributed by atoms with Gasteiger partial charge in [0.1, 0.15) is 0 Å². The van der Waals surface area contributed by atoms with E-state index in [4.69, 9.17) is 22.1 Å². The lowest BCUT2D eigenvalue weighted by Gasteiger charge is -2.13. The highest BCUT2D eigenvalue weighted by Gasteiger charge is 2.12. The average molecular weight is 355 g/mol. The van der Waals surface area contributed by atoms with Gasteiger partial charge in [-0.05, 0) is 23.8 Å². The summed E-state index contributed by atoms with van der Waals surface area (Å²) in [6.07, 6.45) is 1.49. The molecule has 0 heterocycles. The van der Waals surface area contributed by atoms with Gasteiger partial charge in [-0.15, -0.1) is 12.4 Å². The Labute approximate surface area is 138 Å². The van der Waals surface area contributed by atoms with Crippen molar-refractivity contribution in [2.24, 2.45) is 5.73 Å². The second-order valence-electron chi connectivity index (χ2n) is 4.37. The lowest BCUT2D eigenvalue weighted by Crippen LogP contribution is -2.28. The summed E-state index contributed by atoms with van der Waals surface area (Å²) < 4.78 is 16.3. The topological polar surface area (TPSA) is 81.4 Å². The molecule has 1 aromatic carbocycles. The van der Waals surface area contributed by atoms with Crippen molar-refractivity contribution >= 4 is 46.4 Å². The van der Waals surface area contributed by atoms with Crippen molar-refractivity contribution in [3.8, 4) is 0 Å². The van der Waals surface area contributed by atoms with Crippen LogP contribution in [0.25, 0.3) is 0 Å². The van der Waals surface area contributed by atoms with Crippen LogP contribution in [0.5, 0.6) is 0 Å². The number of carbonyl (C=O) groups excluding carboxylic acids is 1. The number of amides is 1. The number of methoxy groups -OCH3 is 1. The van der Waals surface area contributed by atoms with Crippen LogP contribution < -0.4 is 11.1 Å². The summed E-state index contributed by atoms with van der Waals surface area (Å²) >= 11 is 6.02. The molecular weight excluding hydrogens is 335 g/mol. The van der Waals surface area contributed by atoms with E-state index in [0.717, 1.165) is 5.56 Å². The minimum absolute atomic E-state index is 0. The van der Waals surface area contributed by atoms with Gasteiger partial charge in [-0.1, -0.05) is 11.6 Å². The van der Waals surface area contributed by atoms with Gasteiger partial charge in [0, 0.05) is 47.2 Å². The third-order valence-electron chi connectivity index (χ3n) is 2.70. The number of carbonyl (C=O) groups is 1. The van der Waals surface area contributed by atoms with Crippen LogP contribution in [0.4, 0.5) is 5.69 Å². The van der Waals surface area contributed by atoms with Crippen LogP contribution in [0.15, 0.2) is 18.2 Å². The Kier molecular flexibility index (Phi) is 9.81. The first-order chi connectivity index (χ1) is 9.46. The van der Waals surface area contributed by atoms with Gasteiger partial charge in [0.2, 0.25) is 5.91 Å². The minimum Gasteiger partial charge on any atom is -0.380 e. The maximum absolute atomic E-state index is 11.8. The predicted octanol–water partition coefficient (Wildman–Crippen LogP) is 1.94. The smallest absolute Gasteiger partial charge is 0.227 e. The molecule has 0 aromatic heterocycles. The summed E-state index contributed by atoms with van der Waals surface area (Å²) in [5, 5.41) is 3.29. The number of hydrogen-bond acceptors (Lipinski definition) is 4. The van der Waals surface area contributed by atoms with Crippen LogP contribution in [0.2, 0.25) is 5.02 Å². The van der Waals surface area contributed by atoms with E-state index in [0.29, 0.717) is 16.5 Å². The van der Waals surface area contributed by atoms with Crippen LogP contribution in [0.3, 0.4) is 0 Å². The Morgan fingerprint density at radius 1 is 1.52 bits per heavy atom. The Bertz CT molecular complexity index is 496. The molecule has 3 N–H and O–H groups in total. The molecule has 0 saturated heterocycles. The molecule has 0 spiro atoms. The zero-order valence-corrected chi connectivity index (χ0v) is 14.3. The van der Waals surface area contributed by atoms with Crippen molar-refractivity contribution < 1.29 is 13.7 Å². The van der Waals surface area contributed by atoms with Gasteiger partial charge in [-0.2, -0.15) is 0 Å². The molecule has 0 bridgehead atoms. The maximum atomic E-state index is 11.8. The average Bonchev–Trinajstić information content (AvgIpc) is 2.39. The molecule has 1 rings (SSSR count). The first-order valence-electron chi connectivity index (χ1n) is 6.07. The number of nitrogens with two attached hydrogens (primary N) is 1. The molecule has 2 unspecified atom stereocenters. The van der Waals surface area contributed by atoms with E-state index in [9.17, 15) is 9.00 Å². The minimum atomic E-state index is -0.993. The van der Waals surface area contributed by atoms with E-state index in [2.05, 4.69) is 5.32 Å². The highest BCUT2D eigenvalue weighted by atomic mass is 35.5. The van der Waals surface area contributed by atoms with Crippen LogP contribution in [0.1, 0.15) is 12.0 Å². The number of benzene rings is 1. The predicted molar refractivity (Wildman–Crippen MR) is 89.6 cm³/mol. The highest BCUT2D eigenvalue weighted by Crippen LogP contribution is 2.22. The molecular formula is C13H20Cl2N2O3S. The standard InChI is InChI=1S/C13H19ClN2O3S.ClH/c1-19-11(7-15)6-13(17)16-10-3-4-12(14)9(5-10)8-20(2)18;/h3-5,11H,6-8,15H2,1-2H3,(H,16,17);1H. The largest absolute Gasteiger partial charge is 0.380 e. The van der Waals surface area contributed by atoms with Crippen molar-refractivity contribution in [3.63, 3.8) is 0 Å². The maximum Gasteiger partial charge on any atom is 0.227 e. The molecule has 0 aliphatic rings. The Balaban J connectivity index is 0.00000400. The summed E-state index contributed by atoms with van der Waals surface area (Å²) in [6.45, 7) is 0.282. The fourth-order valence-corrected chi connectivity index (χ4v) is 2.60. The zero-order valence-electron chi connectivity index (χ0n) is 11.9. The molecule has 0 aliphatic carbocycles. The molecule has 8 heteroatoms. The van der Waals surface area contributed by atoms with Gasteiger partial charge >= 0.3 is 0 Å². The lowest BCUT2D eigenvalue weighted by atomic mass is 10.2. The third kappa shape index (κ3) is 7.24. The van der Waals surface area contributed by atoms with E-state index < -0.39 is 10.8 Å². The molecule has 1 aromatic rings. The molecule has 0 radical (unpaired) electrons. The molecule has 1 amide bonds. The van der Waals surface area contributed by atoms with Crippen molar-refractivity contribution in [2.45, 2.75) is 18.3 Å². The summed E-state index contributed by atoms with van der Waals surface area (Å²) in [4.78, 5) is 11.8. The van der Waals surface area contributed by atoms with Crippen LogP contribution in [-0.2, 0) is 26.1 Å². The van der Waals surface area contributed by atoms with Gasteiger partial charge in [0.15, 0.2) is 0 Å². The molecule has 0 saturated carbocycles. The van der Waals surface area contributed by atoms with Crippen LogP contribution in [-0.4, -0.2) is 36.1 Å². The molecule has 5 nitrogen and oxygen atoms in total. The van der Waals surface area contributed by atoms with Gasteiger partial charge in [0.05, 0.1) is 12.5 Å². The highest BCUT2D eigenvalue weighted by molar-refractivity contribution is 7.83. The molecule has 0 aliphatic heterocycles. The first kappa shape index (κ1) is 20.3. The number of anilines is 1. The van der Waals surface area contributed by atoms with Crippen molar-refractivity contribution in [1.82, 2.24) is 0 Å². The summed E-state index contributed by atoms with van der Waals surface area (Å²) in [5.41, 5.74) is 6.83. The van der Waals surface area contributed by atoms with Crippen LogP contribution >= 0.6 is 24.0 Å². The van der Waals surface area contributed by atoms with E-state index in [1.54, 1.807) is 24.5 Å². The Morgan fingerprint density at radius 3 is 2.71 bits per heavy atom. The zero-order chi connectivity index (χ0) is 15.1. The normalized spacial score (nSPS) is 13.1. The Morgan fingerprint density at radius 2 is 2.19 bits per heavy atom. The van der Waals surface area contributed by atoms with E-state index in [-0.39, 0.29) is 37.4 Å². The Hall–Kier alpha value is -0.660. The van der Waals surface area contributed by atoms with Gasteiger partial charge < -0.3 is 15.8 Å². The second kappa shape index (κ2) is 10.1. The number of rotatable bonds is 7. The third-order valence-corrected chi connectivity index (χ3v) is 3.78. The van der Waals surface area contributed by atoms with Crippen molar-refractivity contribution in [3.05, 3.63) is 28.8 Å². The number of nitrogens with one attached hydrogen (secondary N) is 1. The lowest BCUT2D eigenvalue weighted by molar-refractivity contribution is -0.118. The van der Waals surface area contributed by atoms with E-state index in [1.807, 2.05) is 0 Å². The summed E-state index contributed by atoms with van der Waals surface area (Å²) in [5.74, 6) is 0.166.